The zero-order valence-corrected chi connectivity index (χ0v) is 20.7. The lowest BCUT2D eigenvalue weighted by molar-refractivity contribution is 0.0131. The summed E-state index contributed by atoms with van der Waals surface area (Å²) in [5.41, 5.74) is 0.239. The zero-order valence-electron chi connectivity index (χ0n) is 18.4. The Kier molecular flexibility index (Phi) is 8.30. The van der Waals surface area contributed by atoms with Crippen LogP contribution in [-0.4, -0.2) is 68.6 Å². The fourth-order valence-corrected chi connectivity index (χ4v) is 7.11. The minimum atomic E-state index is -3.21. The third-order valence-electron chi connectivity index (χ3n) is 6.83. The normalized spacial score (nSPS) is 22.9. The molecular weight excluding hydrogens is 457 g/mol. The molecule has 0 saturated carbocycles. The molecule has 174 valence electrons. The highest BCUT2D eigenvalue weighted by molar-refractivity contribution is 7.89. The van der Waals surface area contributed by atoms with Gasteiger partial charge in [-0.15, -0.1) is 0 Å². The molecule has 2 saturated heterocycles. The second-order valence-corrected chi connectivity index (χ2v) is 11.8. The smallest absolute Gasteiger partial charge is 0.252 e. The summed E-state index contributed by atoms with van der Waals surface area (Å²) in [6.45, 7) is 4.43. The number of rotatable bonds is 7. The first-order valence-electron chi connectivity index (χ1n) is 11.1. The summed E-state index contributed by atoms with van der Waals surface area (Å²) < 4.78 is 26.8. The second-order valence-electron chi connectivity index (χ2n) is 8.88. The number of carbonyl (C=O) groups excluding carboxylic acids is 1. The quantitative estimate of drug-likeness (QED) is 0.627. The van der Waals surface area contributed by atoms with Crippen LogP contribution in [0.4, 0.5) is 0 Å². The molecule has 1 N–H and O–H groups in total. The maximum atomic E-state index is 12.9. The van der Waals surface area contributed by atoms with E-state index >= 15 is 0 Å². The number of hydrogen-bond acceptors (Lipinski definition) is 4. The first-order chi connectivity index (χ1) is 14.7. The minimum Gasteiger partial charge on any atom is -0.351 e. The molecular formula is C22H33Cl2N3O3S. The monoisotopic (exact) mass is 489 g/mol. The maximum Gasteiger partial charge on any atom is 0.252 e. The average Bonchev–Trinajstić information content (AvgIpc) is 2.72. The summed E-state index contributed by atoms with van der Waals surface area (Å²) in [5, 5.41) is 3.92. The van der Waals surface area contributed by atoms with Crippen molar-refractivity contribution in [1.29, 1.82) is 0 Å². The van der Waals surface area contributed by atoms with Gasteiger partial charge in [-0.3, -0.25) is 4.79 Å². The first kappa shape index (κ1) is 24.8. The van der Waals surface area contributed by atoms with Crippen molar-refractivity contribution < 1.29 is 13.2 Å². The van der Waals surface area contributed by atoms with Crippen LogP contribution in [0.25, 0.3) is 0 Å². The van der Waals surface area contributed by atoms with Gasteiger partial charge in [0.15, 0.2) is 0 Å². The van der Waals surface area contributed by atoms with E-state index in [0.29, 0.717) is 47.7 Å². The van der Waals surface area contributed by atoms with Crippen LogP contribution in [0.1, 0.15) is 55.8 Å². The second kappa shape index (κ2) is 10.4. The van der Waals surface area contributed by atoms with Gasteiger partial charge < -0.3 is 10.2 Å². The Morgan fingerprint density at radius 3 is 2.52 bits per heavy atom. The van der Waals surface area contributed by atoms with Crippen molar-refractivity contribution in [3.05, 3.63) is 33.8 Å². The van der Waals surface area contributed by atoms with E-state index < -0.39 is 10.0 Å². The van der Waals surface area contributed by atoms with E-state index in [1.165, 1.54) is 6.42 Å². The van der Waals surface area contributed by atoms with Gasteiger partial charge in [-0.25, -0.2) is 12.7 Å². The van der Waals surface area contributed by atoms with Gasteiger partial charge >= 0.3 is 0 Å². The summed E-state index contributed by atoms with van der Waals surface area (Å²) in [6, 6.07) is 5.18. The number of piperidine rings is 2. The number of likely N-dealkylation sites (tertiary alicyclic amines) is 1. The fourth-order valence-electron chi connectivity index (χ4n) is 5.10. The van der Waals surface area contributed by atoms with Crippen molar-refractivity contribution in [2.24, 2.45) is 5.41 Å². The average molecular weight is 490 g/mol. The highest BCUT2D eigenvalue weighted by Crippen LogP contribution is 2.41. The van der Waals surface area contributed by atoms with E-state index in [0.717, 1.165) is 32.2 Å². The number of sulfonamides is 1. The molecule has 0 aliphatic carbocycles. The Bertz CT molecular complexity index is 886. The molecule has 1 aromatic rings. The molecule has 2 heterocycles. The Morgan fingerprint density at radius 1 is 1.19 bits per heavy atom. The predicted molar refractivity (Wildman–Crippen MR) is 126 cm³/mol. The molecule has 9 heteroatoms. The molecule has 0 radical (unpaired) electrons. The van der Waals surface area contributed by atoms with E-state index in [1.54, 1.807) is 22.5 Å². The van der Waals surface area contributed by atoms with Crippen molar-refractivity contribution >= 4 is 39.1 Å². The van der Waals surface area contributed by atoms with Gasteiger partial charge in [0.2, 0.25) is 10.0 Å². The molecule has 3 rings (SSSR count). The van der Waals surface area contributed by atoms with E-state index in [9.17, 15) is 13.2 Å². The molecule has 31 heavy (non-hydrogen) atoms. The van der Waals surface area contributed by atoms with Crippen LogP contribution in [0.15, 0.2) is 18.2 Å². The standard InChI is InChI=1S/C22H33Cl2N3O3S/c1-3-14-31(29,30)27-12-9-22(10-13-27,20-6-4-5-11-26(20)2)16-25-21(28)18-8-7-17(23)15-19(18)24/h7-8,15,20H,3-6,9-14,16H2,1-2H3,(H,25,28). The van der Waals surface area contributed by atoms with Crippen molar-refractivity contribution in [3.8, 4) is 0 Å². The number of nitrogens with one attached hydrogen (secondary N) is 1. The van der Waals surface area contributed by atoms with E-state index in [2.05, 4.69) is 17.3 Å². The molecule has 1 aromatic carbocycles. The fraction of sp³-hybridized carbons (Fsp3) is 0.682. The van der Waals surface area contributed by atoms with Gasteiger partial charge in [0.25, 0.3) is 5.91 Å². The SMILES string of the molecule is CCCS(=O)(=O)N1CCC(CNC(=O)c2ccc(Cl)cc2Cl)(C2CCCCN2C)CC1. The topological polar surface area (TPSA) is 69.7 Å². The zero-order chi connectivity index (χ0) is 22.6. The number of hydrogen-bond donors (Lipinski definition) is 1. The Balaban J connectivity index is 1.77. The highest BCUT2D eigenvalue weighted by atomic mass is 35.5. The van der Waals surface area contributed by atoms with Crippen LogP contribution >= 0.6 is 23.2 Å². The Hall–Kier alpha value is -0.860. The van der Waals surface area contributed by atoms with Gasteiger partial charge in [0, 0.05) is 36.1 Å². The largest absolute Gasteiger partial charge is 0.351 e. The molecule has 6 nitrogen and oxygen atoms in total. The van der Waals surface area contributed by atoms with Crippen molar-refractivity contribution in [2.45, 2.75) is 51.5 Å². The predicted octanol–water partition coefficient (Wildman–Crippen LogP) is 4.03. The number of benzene rings is 1. The summed E-state index contributed by atoms with van der Waals surface area (Å²) in [6.07, 6.45) is 5.49. The third-order valence-corrected chi connectivity index (χ3v) is 9.45. The Labute approximate surface area is 196 Å². The van der Waals surface area contributed by atoms with Crippen LogP contribution in [0.2, 0.25) is 10.0 Å². The molecule has 0 aromatic heterocycles. The van der Waals surface area contributed by atoms with Gasteiger partial charge in [-0.2, -0.15) is 0 Å². The highest BCUT2D eigenvalue weighted by Gasteiger charge is 2.45. The first-order valence-corrected chi connectivity index (χ1v) is 13.5. The van der Waals surface area contributed by atoms with Crippen LogP contribution < -0.4 is 5.32 Å². The van der Waals surface area contributed by atoms with Gasteiger partial charge in [-0.1, -0.05) is 36.5 Å². The number of nitrogens with zero attached hydrogens (tertiary/aromatic N) is 2. The van der Waals surface area contributed by atoms with Gasteiger partial charge in [0.05, 0.1) is 16.3 Å². The van der Waals surface area contributed by atoms with Gasteiger partial charge in [0.1, 0.15) is 0 Å². The number of amides is 1. The lowest BCUT2D eigenvalue weighted by Crippen LogP contribution is -2.58. The molecule has 0 spiro atoms. The molecule has 1 amide bonds. The number of carbonyl (C=O) groups is 1. The van der Waals surface area contributed by atoms with Crippen LogP contribution in [0.5, 0.6) is 0 Å². The summed E-state index contributed by atoms with van der Waals surface area (Å²) in [5.74, 6) is -0.0321. The maximum absolute atomic E-state index is 12.9. The minimum absolute atomic E-state index is 0.165. The van der Waals surface area contributed by atoms with Gasteiger partial charge in [-0.05, 0) is 63.9 Å². The lowest BCUT2D eigenvalue weighted by Gasteiger charge is -2.51. The van der Waals surface area contributed by atoms with Crippen LogP contribution in [0, 0.1) is 5.41 Å². The van der Waals surface area contributed by atoms with E-state index in [-0.39, 0.29) is 17.1 Å². The molecule has 2 aliphatic rings. The van der Waals surface area contributed by atoms with E-state index in [1.807, 2.05) is 6.92 Å². The van der Waals surface area contributed by atoms with Crippen LogP contribution in [0.3, 0.4) is 0 Å². The lowest BCUT2D eigenvalue weighted by atomic mass is 9.69. The molecule has 1 unspecified atom stereocenters. The van der Waals surface area contributed by atoms with E-state index in [4.69, 9.17) is 23.2 Å². The molecule has 2 fully saturated rings. The molecule has 1 atom stereocenters. The van der Waals surface area contributed by atoms with Crippen molar-refractivity contribution in [3.63, 3.8) is 0 Å². The summed E-state index contributed by atoms with van der Waals surface area (Å²) in [4.78, 5) is 15.3. The number of halogens is 2. The van der Waals surface area contributed by atoms with Crippen LogP contribution in [-0.2, 0) is 10.0 Å². The van der Waals surface area contributed by atoms with Crippen molar-refractivity contribution in [1.82, 2.24) is 14.5 Å². The third kappa shape index (κ3) is 5.74. The Morgan fingerprint density at radius 2 is 1.90 bits per heavy atom. The summed E-state index contributed by atoms with van der Waals surface area (Å²) in [7, 11) is -1.07. The molecule has 2 aliphatic heterocycles. The summed E-state index contributed by atoms with van der Waals surface area (Å²) >= 11 is 12.2. The van der Waals surface area contributed by atoms with Crippen molar-refractivity contribution in [2.75, 3.05) is 39.0 Å². The molecule has 0 bridgehead atoms.